The molecule has 0 aliphatic carbocycles. The van der Waals surface area contributed by atoms with E-state index in [0.717, 1.165) is 16.6 Å². The summed E-state index contributed by atoms with van der Waals surface area (Å²) in [5.74, 6) is 0. The lowest BCUT2D eigenvalue weighted by molar-refractivity contribution is 0.249. The molecule has 0 aliphatic heterocycles. The van der Waals surface area contributed by atoms with Crippen LogP contribution in [-0.2, 0) is 0 Å². The lowest BCUT2D eigenvalue weighted by Gasteiger charge is -2.06. The molecule has 6 nitrogen and oxygen atoms in total. The second kappa shape index (κ2) is 6.38. The normalized spacial score (nSPS) is 11.0. The molecular formula is C14H20N4O2. The van der Waals surface area contributed by atoms with Gasteiger partial charge in [0.2, 0.25) is 0 Å². The van der Waals surface area contributed by atoms with E-state index in [1.54, 1.807) is 0 Å². The Morgan fingerprint density at radius 1 is 1.45 bits per heavy atom. The molecule has 0 spiro atoms. The van der Waals surface area contributed by atoms with Crippen LogP contribution in [0.2, 0.25) is 0 Å². The van der Waals surface area contributed by atoms with Crippen LogP contribution >= 0.6 is 0 Å². The first-order chi connectivity index (χ1) is 9.60. The van der Waals surface area contributed by atoms with E-state index in [1.807, 2.05) is 29.1 Å². The van der Waals surface area contributed by atoms with Crippen molar-refractivity contribution in [2.75, 3.05) is 18.5 Å². The number of amides is 2. The zero-order valence-electron chi connectivity index (χ0n) is 11.8. The highest BCUT2D eigenvalue weighted by molar-refractivity contribution is 5.92. The van der Waals surface area contributed by atoms with E-state index in [2.05, 4.69) is 29.6 Å². The van der Waals surface area contributed by atoms with Gasteiger partial charge in [-0.15, -0.1) is 0 Å². The first-order valence-electron chi connectivity index (χ1n) is 6.75. The molecule has 1 aromatic heterocycles. The van der Waals surface area contributed by atoms with Gasteiger partial charge in [0.25, 0.3) is 0 Å². The average molecular weight is 276 g/mol. The summed E-state index contributed by atoms with van der Waals surface area (Å²) in [5.41, 5.74) is 1.63. The van der Waals surface area contributed by atoms with E-state index in [1.165, 1.54) is 0 Å². The number of aliphatic hydroxyl groups is 1. The molecule has 108 valence electrons. The fourth-order valence-corrected chi connectivity index (χ4v) is 1.84. The van der Waals surface area contributed by atoms with Crippen molar-refractivity contribution in [1.82, 2.24) is 15.1 Å². The summed E-state index contributed by atoms with van der Waals surface area (Å²) in [5, 5.41) is 19.5. The molecule has 0 unspecified atom stereocenters. The molecule has 20 heavy (non-hydrogen) atoms. The summed E-state index contributed by atoms with van der Waals surface area (Å²) in [6.07, 6.45) is 2.52. The van der Waals surface area contributed by atoms with Gasteiger partial charge >= 0.3 is 6.03 Å². The SMILES string of the molecule is CC(C)n1cc2cc(NC(=O)NCCCO)ccc2n1. The van der Waals surface area contributed by atoms with Crippen LogP contribution in [0.25, 0.3) is 10.9 Å². The number of hydrogen-bond donors (Lipinski definition) is 3. The number of fused-ring (bicyclic) bond motifs is 1. The second-order valence-corrected chi connectivity index (χ2v) is 4.93. The lowest BCUT2D eigenvalue weighted by Crippen LogP contribution is -2.29. The van der Waals surface area contributed by atoms with Crippen LogP contribution in [0.5, 0.6) is 0 Å². The fourth-order valence-electron chi connectivity index (χ4n) is 1.84. The monoisotopic (exact) mass is 276 g/mol. The first-order valence-corrected chi connectivity index (χ1v) is 6.75. The molecule has 0 aliphatic rings. The highest BCUT2D eigenvalue weighted by atomic mass is 16.3. The Balaban J connectivity index is 2.05. The number of nitrogens with zero attached hydrogens (tertiary/aromatic N) is 2. The predicted molar refractivity (Wildman–Crippen MR) is 78.8 cm³/mol. The Hall–Kier alpha value is -2.08. The molecule has 0 saturated heterocycles. The zero-order chi connectivity index (χ0) is 14.5. The van der Waals surface area contributed by atoms with Gasteiger partial charge in [0.05, 0.1) is 5.52 Å². The van der Waals surface area contributed by atoms with Crippen LogP contribution in [0.1, 0.15) is 26.3 Å². The van der Waals surface area contributed by atoms with Gasteiger partial charge in [-0.25, -0.2) is 4.79 Å². The summed E-state index contributed by atoms with van der Waals surface area (Å²) in [6, 6.07) is 5.64. The maximum Gasteiger partial charge on any atom is 0.319 e. The number of aliphatic hydroxyl groups excluding tert-OH is 1. The van der Waals surface area contributed by atoms with Gasteiger partial charge in [0.15, 0.2) is 0 Å². The molecule has 1 aromatic carbocycles. The minimum atomic E-state index is -0.269. The summed E-state index contributed by atoms with van der Waals surface area (Å²) in [6.45, 7) is 4.66. The van der Waals surface area contributed by atoms with Crippen molar-refractivity contribution in [2.24, 2.45) is 0 Å². The van der Waals surface area contributed by atoms with Gasteiger partial charge in [-0.1, -0.05) is 0 Å². The number of aromatic nitrogens is 2. The molecule has 0 atom stereocenters. The van der Waals surface area contributed by atoms with Crippen molar-refractivity contribution >= 4 is 22.6 Å². The summed E-state index contributed by atoms with van der Waals surface area (Å²) in [4.78, 5) is 11.6. The molecule has 2 aromatic rings. The molecule has 0 fully saturated rings. The number of anilines is 1. The van der Waals surface area contributed by atoms with E-state index in [-0.39, 0.29) is 12.6 Å². The van der Waals surface area contributed by atoms with Crippen molar-refractivity contribution in [3.05, 3.63) is 24.4 Å². The topological polar surface area (TPSA) is 79.2 Å². The summed E-state index contributed by atoms with van der Waals surface area (Å²) in [7, 11) is 0. The lowest BCUT2D eigenvalue weighted by atomic mass is 10.2. The van der Waals surface area contributed by atoms with Crippen molar-refractivity contribution < 1.29 is 9.90 Å². The van der Waals surface area contributed by atoms with Crippen LogP contribution in [-0.4, -0.2) is 34.1 Å². The third-order valence-corrected chi connectivity index (χ3v) is 2.93. The number of rotatable bonds is 5. The van der Waals surface area contributed by atoms with E-state index in [4.69, 9.17) is 5.11 Å². The van der Waals surface area contributed by atoms with E-state index < -0.39 is 0 Å². The molecular weight excluding hydrogens is 256 g/mol. The number of carbonyl (C=O) groups is 1. The van der Waals surface area contributed by atoms with Crippen molar-refractivity contribution in [1.29, 1.82) is 0 Å². The third-order valence-electron chi connectivity index (χ3n) is 2.93. The maximum atomic E-state index is 11.6. The minimum Gasteiger partial charge on any atom is -0.396 e. The van der Waals surface area contributed by atoms with Crippen molar-refractivity contribution in [3.8, 4) is 0 Å². The quantitative estimate of drug-likeness (QED) is 0.732. The molecule has 1 heterocycles. The van der Waals surface area contributed by atoms with Crippen LogP contribution in [0.15, 0.2) is 24.4 Å². The van der Waals surface area contributed by atoms with Crippen LogP contribution < -0.4 is 10.6 Å². The van der Waals surface area contributed by atoms with Gasteiger partial charge in [-0.05, 0) is 38.5 Å². The first kappa shape index (κ1) is 14.3. The van der Waals surface area contributed by atoms with Gasteiger partial charge in [-0.3, -0.25) is 4.68 Å². The minimum absolute atomic E-state index is 0.0701. The average Bonchev–Trinajstić information content (AvgIpc) is 2.82. The number of hydrogen-bond acceptors (Lipinski definition) is 3. The Labute approximate surface area is 117 Å². The van der Waals surface area contributed by atoms with Gasteiger partial charge < -0.3 is 15.7 Å². The van der Waals surface area contributed by atoms with Gasteiger partial charge in [0, 0.05) is 36.5 Å². The van der Waals surface area contributed by atoms with Crippen LogP contribution in [0.4, 0.5) is 10.5 Å². The molecule has 0 radical (unpaired) electrons. The van der Waals surface area contributed by atoms with Crippen molar-refractivity contribution in [2.45, 2.75) is 26.3 Å². The van der Waals surface area contributed by atoms with Crippen LogP contribution in [0, 0.1) is 0 Å². The number of urea groups is 1. The number of nitrogens with one attached hydrogen (secondary N) is 2. The van der Waals surface area contributed by atoms with Crippen molar-refractivity contribution in [3.63, 3.8) is 0 Å². The summed E-state index contributed by atoms with van der Waals surface area (Å²) >= 11 is 0. The Morgan fingerprint density at radius 2 is 2.25 bits per heavy atom. The van der Waals surface area contributed by atoms with E-state index in [0.29, 0.717) is 19.0 Å². The Kier molecular flexibility index (Phi) is 4.57. The van der Waals surface area contributed by atoms with Gasteiger partial charge in [0.1, 0.15) is 0 Å². The van der Waals surface area contributed by atoms with E-state index >= 15 is 0 Å². The standard InChI is InChI=1S/C14H20N4O2/c1-10(2)18-9-11-8-12(4-5-13(11)17-18)16-14(20)15-6-3-7-19/h4-5,8-10,19H,3,6-7H2,1-2H3,(H2,15,16,20). The highest BCUT2D eigenvalue weighted by Gasteiger charge is 2.06. The summed E-state index contributed by atoms with van der Waals surface area (Å²) < 4.78 is 1.90. The molecule has 2 rings (SSSR count). The van der Waals surface area contributed by atoms with E-state index in [9.17, 15) is 4.79 Å². The molecule has 3 N–H and O–H groups in total. The highest BCUT2D eigenvalue weighted by Crippen LogP contribution is 2.19. The molecule has 6 heteroatoms. The predicted octanol–water partition coefficient (Wildman–Crippen LogP) is 2.12. The fraction of sp³-hybridized carbons (Fsp3) is 0.429. The van der Waals surface area contributed by atoms with Gasteiger partial charge in [-0.2, -0.15) is 5.10 Å². The largest absolute Gasteiger partial charge is 0.396 e. The molecule has 0 bridgehead atoms. The number of benzene rings is 1. The van der Waals surface area contributed by atoms with Crippen LogP contribution in [0.3, 0.4) is 0 Å². The molecule has 0 saturated carbocycles. The zero-order valence-corrected chi connectivity index (χ0v) is 11.8. The molecule has 2 amide bonds. The number of carbonyl (C=O) groups excluding carboxylic acids is 1. The maximum absolute atomic E-state index is 11.6. The smallest absolute Gasteiger partial charge is 0.319 e. The third kappa shape index (κ3) is 3.48. The Morgan fingerprint density at radius 3 is 2.95 bits per heavy atom. The Bertz CT molecular complexity index is 592. The second-order valence-electron chi connectivity index (χ2n) is 4.93.